The van der Waals surface area contributed by atoms with Crippen molar-refractivity contribution in [1.82, 2.24) is 19.5 Å². The van der Waals surface area contributed by atoms with Crippen molar-refractivity contribution in [3.63, 3.8) is 0 Å². The monoisotopic (exact) mass is 693 g/mol. The van der Waals surface area contributed by atoms with E-state index in [0.29, 0.717) is 4.57 Å². The zero-order valence-electron chi connectivity index (χ0n) is 21.8. The highest BCUT2D eigenvalue weighted by Gasteiger charge is 2.47. The molecule has 4 rings (SSSR count). The van der Waals surface area contributed by atoms with Gasteiger partial charge in [-0.3, -0.25) is 28.4 Å². The summed E-state index contributed by atoms with van der Waals surface area (Å²) >= 11 is 0. The second kappa shape index (κ2) is 13.1. The van der Waals surface area contributed by atoms with E-state index in [0.717, 1.165) is 18.5 Å². The molecule has 4 heterocycles. The van der Waals surface area contributed by atoms with Crippen molar-refractivity contribution in [1.29, 1.82) is 0 Å². The van der Waals surface area contributed by atoms with E-state index in [1.54, 1.807) is 0 Å². The van der Waals surface area contributed by atoms with E-state index in [1.807, 2.05) is 4.98 Å². The van der Waals surface area contributed by atoms with E-state index in [1.165, 1.54) is 0 Å². The average Bonchev–Trinajstić information content (AvgIpc) is 3.39. The first-order chi connectivity index (χ1) is 20.4. The zero-order chi connectivity index (χ0) is 32.6. The van der Waals surface area contributed by atoms with Gasteiger partial charge >= 0.3 is 34.8 Å². The van der Waals surface area contributed by atoms with Crippen LogP contribution in [0.4, 0.5) is 5.82 Å². The summed E-state index contributed by atoms with van der Waals surface area (Å²) in [4.78, 5) is 71.4. The Hall–Kier alpha value is -2.43. The third-order valence-electron chi connectivity index (χ3n) is 6.07. The SMILES string of the molecule is Nc1[nH]c(=O)ncc1[C@H]1O[C@H](COP(=O)(O)OP(=O)(O)OP(=O)(O)OC[C@H]2O[C@@H](n3ccc(=O)[nH]c3=O)[C@H](O)[C@@H]2O)C[C@H]1O. The maximum atomic E-state index is 12.2. The topological polar surface area (TPSA) is 355 Å². The number of anilines is 1. The summed E-state index contributed by atoms with van der Waals surface area (Å²) in [7, 11) is -17.0. The number of aliphatic hydroxyl groups is 3. The maximum absolute atomic E-state index is 12.2. The van der Waals surface area contributed by atoms with Gasteiger partial charge in [-0.2, -0.15) is 8.62 Å². The quantitative estimate of drug-likeness (QED) is 0.100. The molecule has 0 saturated carbocycles. The van der Waals surface area contributed by atoms with Crippen molar-refractivity contribution in [2.45, 2.75) is 49.3 Å². The maximum Gasteiger partial charge on any atom is 0.490 e. The van der Waals surface area contributed by atoms with Crippen LogP contribution < -0.4 is 22.7 Å². The Labute approximate surface area is 243 Å². The van der Waals surface area contributed by atoms with E-state index in [4.69, 9.17) is 15.2 Å². The number of H-pyrrole nitrogens is 2. The summed E-state index contributed by atoms with van der Waals surface area (Å²) in [6.45, 7) is -1.91. The predicted molar refractivity (Wildman–Crippen MR) is 138 cm³/mol. The normalized spacial score (nSPS) is 31.3. The lowest BCUT2D eigenvalue weighted by molar-refractivity contribution is -0.0542. The second-order valence-electron chi connectivity index (χ2n) is 9.26. The van der Waals surface area contributed by atoms with Crippen LogP contribution in [0.15, 0.2) is 32.8 Å². The molecule has 2 aromatic heterocycles. The van der Waals surface area contributed by atoms with Gasteiger partial charge < -0.3 is 45.2 Å². The Morgan fingerprint density at radius 3 is 2.20 bits per heavy atom. The number of phosphoric acid groups is 3. The number of nitrogens with one attached hydrogen (secondary N) is 2. The van der Waals surface area contributed by atoms with E-state index in [9.17, 15) is 58.1 Å². The summed E-state index contributed by atoms with van der Waals surface area (Å²) in [6.07, 6.45) is -8.54. The second-order valence-corrected chi connectivity index (χ2v) is 13.9. The van der Waals surface area contributed by atoms with Gasteiger partial charge in [-0.05, 0) is 0 Å². The van der Waals surface area contributed by atoms with Gasteiger partial charge in [-0.1, -0.05) is 0 Å². The highest BCUT2D eigenvalue weighted by Crippen LogP contribution is 2.67. The number of aromatic amines is 2. The molecule has 10 atom stereocenters. The summed E-state index contributed by atoms with van der Waals surface area (Å²) < 4.78 is 65.1. The third kappa shape index (κ3) is 8.43. The molecule has 246 valence electrons. The first-order valence-electron chi connectivity index (χ1n) is 12.1. The van der Waals surface area contributed by atoms with Crippen LogP contribution in [0.1, 0.15) is 24.3 Å². The lowest BCUT2D eigenvalue weighted by Crippen LogP contribution is -2.37. The molecule has 0 bridgehead atoms. The van der Waals surface area contributed by atoms with Gasteiger partial charge in [0.1, 0.15) is 30.2 Å². The van der Waals surface area contributed by atoms with Crippen LogP contribution in [0.5, 0.6) is 0 Å². The molecule has 0 spiro atoms. The van der Waals surface area contributed by atoms with Crippen molar-refractivity contribution < 1.29 is 70.8 Å². The fourth-order valence-electron chi connectivity index (χ4n) is 4.17. The molecule has 0 aromatic carbocycles. The Morgan fingerprint density at radius 2 is 1.59 bits per heavy atom. The molecule has 3 unspecified atom stereocenters. The smallest absolute Gasteiger partial charge is 0.390 e. The highest BCUT2D eigenvalue weighted by atomic mass is 31.3. The molecule has 2 aromatic rings. The van der Waals surface area contributed by atoms with E-state index < -0.39 is 96.5 Å². The van der Waals surface area contributed by atoms with Crippen LogP contribution in [0.3, 0.4) is 0 Å². The van der Waals surface area contributed by atoms with Crippen molar-refractivity contribution in [3.8, 4) is 0 Å². The Balaban J connectivity index is 1.29. The molecule has 0 aliphatic carbocycles. The summed E-state index contributed by atoms with van der Waals surface area (Å²) in [5, 5.41) is 30.6. The molecular weight excluding hydrogens is 667 g/mol. The van der Waals surface area contributed by atoms with Crippen molar-refractivity contribution in [2.24, 2.45) is 0 Å². The molecule has 2 aliphatic rings. The minimum atomic E-state index is -5.90. The Morgan fingerprint density at radius 1 is 0.955 bits per heavy atom. The molecule has 2 aliphatic heterocycles. The largest absolute Gasteiger partial charge is 0.490 e. The van der Waals surface area contributed by atoms with Gasteiger partial charge in [0, 0.05) is 30.4 Å². The van der Waals surface area contributed by atoms with Crippen LogP contribution in [0.25, 0.3) is 0 Å². The predicted octanol–water partition coefficient (Wildman–Crippen LogP) is -2.92. The molecule has 0 radical (unpaired) electrons. The molecule has 2 fully saturated rings. The van der Waals surface area contributed by atoms with E-state index in [-0.39, 0.29) is 17.8 Å². The summed E-state index contributed by atoms with van der Waals surface area (Å²) in [5.74, 6) is -0.157. The number of hydrogen-bond acceptors (Lipinski definition) is 17. The van der Waals surface area contributed by atoms with Crippen molar-refractivity contribution in [3.05, 3.63) is 55.3 Å². The first-order valence-corrected chi connectivity index (χ1v) is 16.6. The number of phosphoric ester groups is 2. The van der Waals surface area contributed by atoms with Crippen LogP contribution in [0.2, 0.25) is 0 Å². The molecule has 10 N–H and O–H groups in total. The molecule has 2 saturated heterocycles. The van der Waals surface area contributed by atoms with Crippen LogP contribution in [-0.4, -0.2) is 93.3 Å². The Kier molecular flexibility index (Phi) is 10.3. The van der Waals surface area contributed by atoms with Crippen LogP contribution in [-0.2, 0) is 40.8 Å². The highest BCUT2D eigenvalue weighted by molar-refractivity contribution is 7.66. The number of ether oxygens (including phenoxy) is 2. The third-order valence-corrected chi connectivity index (χ3v) is 10.3. The van der Waals surface area contributed by atoms with E-state index >= 15 is 0 Å². The molecule has 44 heavy (non-hydrogen) atoms. The first kappa shape index (κ1) is 34.4. The number of aliphatic hydroxyl groups excluding tert-OH is 3. The lowest BCUT2D eigenvalue weighted by Gasteiger charge is -2.21. The van der Waals surface area contributed by atoms with Gasteiger partial charge in [-0.15, -0.1) is 0 Å². The number of nitrogen functional groups attached to an aromatic ring is 1. The van der Waals surface area contributed by atoms with Gasteiger partial charge in [0.05, 0.1) is 25.4 Å². The minimum Gasteiger partial charge on any atom is -0.390 e. The van der Waals surface area contributed by atoms with Crippen molar-refractivity contribution in [2.75, 3.05) is 18.9 Å². The van der Waals surface area contributed by atoms with Crippen LogP contribution in [0, 0.1) is 0 Å². The summed E-state index contributed by atoms with van der Waals surface area (Å²) in [5.41, 5.74) is 3.23. The molecule has 26 heteroatoms. The fraction of sp³-hybridized carbons (Fsp3) is 0.556. The molecular formula is C18H26N5O18P3. The summed E-state index contributed by atoms with van der Waals surface area (Å²) in [6, 6.07) is 0.912. The van der Waals surface area contributed by atoms with Gasteiger partial charge in [0.25, 0.3) is 5.56 Å². The molecule has 0 amide bonds. The number of nitrogens with two attached hydrogens (primary N) is 1. The zero-order valence-corrected chi connectivity index (χ0v) is 24.5. The van der Waals surface area contributed by atoms with Gasteiger partial charge in [-0.25, -0.2) is 28.3 Å². The Bertz CT molecular complexity index is 1680. The van der Waals surface area contributed by atoms with Crippen LogP contribution >= 0.6 is 23.5 Å². The van der Waals surface area contributed by atoms with Gasteiger partial charge in [0.15, 0.2) is 6.23 Å². The molecule has 23 nitrogen and oxygen atoms in total. The number of nitrogens with zero attached hydrogens (tertiary/aromatic N) is 2. The lowest BCUT2D eigenvalue weighted by atomic mass is 10.1. The number of rotatable bonds is 12. The standard InChI is InChI=1S/C18H26N5O18P3/c19-15-8(4-20-17(28)22-15)14-9(24)3-7(38-14)5-36-42(30,31)40-44(34,35)41-43(32,33)37-6-10-12(26)13(27)16(39-10)23-2-1-11(25)21-18(23)29/h1-2,4,7,9-10,12-14,16,24,26-27H,3,5-6H2,(H,30,31)(H,32,33)(H,34,35)(H,21,25,29)(H3,19,20,22,28)/t7-,9+,10+,12+,13+,14+,16+/m0/s1. The average molecular weight is 693 g/mol. The minimum absolute atomic E-state index is 0.0980. The number of aromatic nitrogens is 4. The van der Waals surface area contributed by atoms with E-state index in [2.05, 4.69) is 27.6 Å². The number of hydrogen-bond donors (Lipinski definition) is 9. The fourth-order valence-corrected chi connectivity index (χ4v) is 7.71. The van der Waals surface area contributed by atoms with Crippen molar-refractivity contribution >= 4 is 29.3 Å². The van der Waals surface area contributed by atoms with Gasteiger partial charge in [0.2, 0.25) is 0 Å².